The Kier molecular flexibility index (Phi) is 4.63. The molecule has 0 bridgehead atoms. The third-order valence-electron chi connectivity index (χ3n) is 3.80. The van der Waals surface area contributed by atoms with E-state index in [4.69, 9.17) is 11.6 Å². The molecule has 0 aliphatic heterocycles. The van der Waals surface area contributed by atoms with Gasteiger partial charge in [0.05, 0.1) is 23.6 Å². The summed E-state index contributed by atoms with van der Waals surface area (Å²) in [5, 5.41) is 17.7. The molecule has 3 rings (SSSR count). The lowest BCUT2D eigenvalue weighted by atomic mass is 9.92. The number of hydrogen-bond donors (Lipinski definition) is 3. The van der Waals surface area contributed by atoms with E-state index < -0.39 is 0 Å². The van der Waals surface area contributed by atoms with Crippen LogP contribution >= 0.6 is 11.6 Å². The lowest BCUT2D eigenvalue weighted by Gasteiger charge is -2.13. The van der Waals surface area contributed by atoms with Crippen molar-refractivity contribution in [3.63, 3.8) is 0 Å². The molecular formula is C18H20ClN5O. The van der Waals surface area contributed by atoms with Crippen LogP contribution in [0.15, 0.2) is 36.4 Å². The maximum atomic E-state index is 12.3. The lowest BCUT2D eigenvalue weighted by Crippen LogP contribution is -2.23. The van der Waals surface area contributed by atoms with Crippen molar-refractivity contribution < 1.29 is 4.79 Å². The fourth-order valence-electron chi connectivity index (χ4n) is 2.31. The summed E-state index contributed by atoms with van der Waals surface area (Å²) in [6.45, 7) is 6.65. The number of amides is 1. The first-order valence-corrected chi connectivity index (χ1v) is 8.35. The molecule has 0 aliphatic carbocycles. The van der Waals surface area contributed by atoms with Crippen LogP contribution in [0.5, 0.6) is 0 Å². The van der Waals surface area contributed by atoms with Gasteiger partial charge in [-0.15, -0.1) is 0 Å². The molecule has 0 aliphatic rings. The molecule has 1 amide bonds. The van der Waals surface area contributed by atoms with Gasteiger partial charge in [-0.3, -0.25) is 15.0 Å². The van der Waals surface area contributed by atoms with Gasteiger partial charge in [0, 0.05) is 16.0 Å². The molecule has 2 heterocycles. The molecule has 1 aromatic carbocycles. The highest BCUT2D eigenvalue weighted by Crippen LogP contribution is 2.21. The van der Waals surface area contributed by atoms with E-state index in [0.29, 0.717) is 23.0 Å². The molecule has 0 unspecified atom stereocenters. The van der Waals surface area contributed by atoms with Crippen molar-refractivity contribution >= 4 is 17.5 Å². The largest absolute Gasteiger partial charge is 0.345 e. The zero-order valence-corrected chi connectivity index (χ0v) is 15.1. The molecule has 3 N–H and O–H groups in total. The number of hydrogen-bond acceptors (Lipinski definition) is 3. The number of nitrogens with zero attached hydrogens (tertiary/aromatic N) is 2. The van der Waals surface area contributed by atoms with Gasteiger partial charge >= 0.3 is 0 Å². The molecule has 7 heteroatoms. The van der Waals surface area contributed by atoms with Gasteiger partial charge in [0.15, 0.2) is 0 Å². The third-order valence-corrected chi connectivity index (χ3v) is 4.05. The SMILES string of the molecule is CC(C)(C)c1cc(CNC(=O)c2cc(-c3ccc(Cl)cc3)n[nH]2)[nH]n1. The Morgan fingerprint density at radius 3 is 2.48 bits per heavy atom. The number of aromatic amines is 2. The van der Waals surface area contributed by atoms with Crippen molar-refractivity contribution in [3.05, 3.63) is 58.5 Å². The number of H-pyrrole nitrogens is 2. The van der Waals surface area contributed by atoms with Crippen LogP contribution in [0, 0.1) is 0 Å². The molecule has 0 saturated heterocycles. The van der Waals surface area contributed by atoms with Crippen LogP contribution in [0.3, 0.4) is 0 Å². The Morgan fingerprint density at radius 1 is 1.12 bits per heavy atom. The zero-order chi connectivity index (χ0) is 18.0. The Labute approximate surface area is 151 Å². The van der Waals surface area contributed by atoms with Gasteiger partial charge in [-0.1, -0.05) is 44.5 Å². The van der Waals surface area contributed by atoms with Crippen molar-refractivity contribution in [2.75, 3.05) is 0 Å². The van der Waals surface area contributed by atoms with Gasteiger partial charge in [-0.2, -0.15) is 10.2 Å². The summed E-state index contributed by atoms with van der Waals surface area (Å²) in [6.07, 6.45) is 0. The molecule has 6 nitrogen and oxygen atoms in total. The van der Waals surface area contributed by atoms with Crippen LogP contribution in [0.4, 0.5) is 0 Å². The van der Waals surface area contributed by atoms with Crippen molar-refractivity contribution in [1.29, 1.82) is 0 Å². The van der Waals surface area contributed by atoms with Crippen molar-refractivity contribution in [2.45, 2.75) is 32.7 Å². The average molecular weight is 358 g/mol. The molecule has 0 spiro atoms. The molecule has 2 aromatic heterocycles. The maximum absolute atomic E-state index is 12.3. The van der Waals surface area contributed by atoms with Gasteiger partial charge in [0.25, 0.3) is 5.91 Å². The molecule has 25 heavy (non-hydrogen) atoms. The number of rotatable bonds is 4. The second-order valence-corrected chi connectivity index (χ2v) is 7.32. The molecule has 0 atom stereocenters. The number of nitrogens with one attached hydrogen (secondary N) is 3. The van der Waals surface area contributed by atoms with Crippen LogP contribution in [0.2, 0.25) is 5.02 Å². The highest BCUT2D eigenvalue weighted by molar-refractivity contribution is 6.30. The number of carbonyl (C=O) groups excluding carboxylic acids is 1. The number of aromatic nitrogens is 4. The summed E-state index contributed by atoms with van der Waals surface area (Å²) in [4.78, 5) is 12.3. The van der Waals surface area contributed by atoms with Crippen molar-refractivity contribution in [3.8, 4) is 11.3 Å². The first-order valence-electron chi connectivity index (χ1n) is 7.97. The predicted molar refractivity (Wildman–Crippen MR) is 97.5 cm³/mol. The standard InChI is InChI=1S/C18H20ClN5O/c1-18(2,3)16-8-13(21-24-16)10-20-17(25)15-9-14(22-23-15)11-4-6-12(19)7-5-11/h4-9H,10H2,1-3H3,(H,20,25)(H,21,24)(H,22,23). The van der Waals surface area contributed by atoms with Gasteiger partial charge in [0.2, 0.25) is 0 Å². The Bertz CT molecular complexity index is 874. The Balaban J connectivity index is 1.64. The van der Waals surface area contributed by atoms with Crippen LogP contribution in [-0.2, 0) is 12.0 Å². The van der Waals surface area contributed by atoms with Crippen LogP contribution in [-0.4, -0.2) is 26.3 Å². The van der Waals surface area contributed by atoms with Crippen LogP contribution in [0.1, 0.15) is 42.6 Å². The summed E-state index contributed by atoms with van der Waals surface area (Å²) in [6, 6.07) is 11.0. The maximum Gasteiger partial charge on any atom is 0.269 e. The molecule has 0 saturated carbocycles. The Morgan fingerprint density at radius 2 is 1.84 bits per heavy atom. The summed E-state index contributed by atoms with van der Waals surface area (Å²) >= 11 is 5.88. The number of benzene rings is 1. The van der Waals surface area contributed by atoms with E-state index in [1.165, 1.54) is 0 Å². The summed E-state index contributed by atoms with van der Waals surface area (Å²) in [5.41, 5.74) is 3.77. The second kappa shape index (κ2) is 6.72. The molecule has 130 valence electrons. The van der Waals surface area contributed by atoms with E-state index in [-0.39, 0.29) is 11.3 Å². The summed E-state index contributed by atoms with van der Waals surface area (Å²) < 4.78 is 0. The monoisotopic (exact) mass is 357 g/mol. The Hall–Kier alpha value is -2.60. The van der Waals surface area contributed by atoms with Crippen LogP contribution in [0.25, 0.3) is 11.3 Å². The van der Waals surface area contributed by atoms with Crippen molar-refractivity contribution in [2.24, 2.45) is 0 Å². The van der Waals surface area contributed by atoms with Gasteiger partial charge in [-0.05, 0) is 24.3 Å². The van der Waals surface area contributed by atoms with Crippen LogP contribution < -0.4 is 5.32 Å². The van der Waals surface area contributed by atoms with E-state index in [2.05, 4.69) is 46.5 Å². The predicted octanol–water partition coefficient (Wildman–Crippen LogP) is 3.68. The fraction of sp³-hybridized carbons (Fsp3) is 0.278. The first kappa shape index (κ1) is 17.2. The van der Waals surface area contributed by atoms with E-state index in [1.807, 2.05) is 18.2 Å². The number of halogens is 1. The second-order valence-electron chi connectivity index (χ2n) is 6.88. The highest BCUT2D eigenvalue weighted by Gasteiger charge is 2.18. The highest BCUT2D eigenvalue weighted by atomic mass is 35.5. The average Bonchev–Trinajstić information content (AvgIpc) is 3.22. The van der Waals surface area contributed by atoms with E-state index in [1.54, 1.807) is 18.2 Å². The third kappa shape index (κ3) is 4.09. The zero-order valence-electron chi connectivity index (χ0n) is 14.4. The minimum absolute atomic E-state index is 0.0321. The van der Waals surface area contributed by atoms with E-state index in [0.717, 1.165) is 17.0 Å². The summed E-state index contributed by atoms with van der Waals surface area (Å²) in [5.74, 6) is -0.223. The van der Waals surface area contributed by atoms with E-state index >= 15 is 0 Å². The molecule has 0 radical (unpaired) electrons. The topological polar surface area (TPSA) is 86.5 Å². The lowest BCUT2D eigenvalue weighted by molar-refractivity contribution is 0.0945. The molecule has 3 aromatic rings. The van der Waals surface area contributed by atoms with Gasteiger partial charge in [-0.25, -0.2) is 0 Å². The first-order chi connectivity index (χ1) is 11.8. The van der Waals surface area contributed by atoms with Crippen molar-refractivity contribution in [1.82, 2.24) is 25.7 Å². The fourth-order valence-corrected chi connectivity index (χ4v) is 2.44. The smallest absolute Gasteiger partial charge is 0.269 e. The quantitative estimate of drug-likeness (QED) is 0.665. The number of carbonyl (C=O) groups is 1. The summed E-state index contributed by atoms with van der Waals surface area (Å²) in [7, 11) is 0. The minimum atomic E-state index is -0.223. The molecular weight excluding hydrogens is 338 g/mol. The minimum Gasteiger partial charge on any atom is -0.345 e. The van der Waals surface area contributed by atoms with E-state index in [9.17, 15) is 4.79 Å². The van der Waals surface area contributed by atoms with Gasteiger partial charge in [0.1, 0.15) is 5.69 Å². The normalized spacial score (nSPS) is 11.5. The van der Waals surface area contributed by atoms with Gasteiger partial charge < -0.3 is 5.32 Å². The molecule has 0 fully saturated rings.